The number of carbonyl (C=O) groups excluding carboxylic acids is 5. The average molecular weight is 609 g/mol. The summed E-state index contributed by atoms with van der Waals surface area (Å²) in [7, 11) is 0. The predicted octanol–water partition coefficient (Wildman–Crippen LogP) is 0.422. The van der Waals surface area contributed by atoms with Crippen LogP contribution in [0.5, 0.6) is 5.75 Å². The number of carbonyl (C=O) groups is 5. The Balaban J connectivity index is 1.74. The number of nitrogens with one attached hydrogen (secondary N) is 5. The van der Waals surface area contributed by atoms with E-state index in [2.05, 4.69) is 26.6 Å². The van der Waals surface area contributed by atoms with E-state index in [9.17, 15) is 29.1 Å². The highest BCUT2D eigenvalue weighted by Gasteiger charge is 2.29. The van der Waals surface area contributed by atoms with Crippen LogP contribution in [0, 0.1) is 5.92 Å². The Morgan fingerprint density at radius 2 is 1.59 bits per heavy atom. The molecule has 12 heteroatoms. The van der Waals surface area contributed by atoms with E-state index in [0.29, 0.717) is 25.8 Å². The maximum absolute atomic E-state index is 13.4. The molecule has 0 spiro atoms. The summed E-state index contributed by atoms with van der Waals surface area (Å²) >= 11 is 0. The molecule has 0 saturated carbocycles. The van der Waals surface area contributed by atoms with Gasteiger partial charge in [-0.25, -0.2) is 0 Å². The molecule has 0 radical (unpaired) electrons. The summed E-state index contributed by atoms with van der Waals surface area (Å²) in [6.07, 6.45) is 2.04. The molecule has 8 N–H and O–H groups in total. The van der Waals surface area contributed by atoms with Crippen LogP contribution in [-0.2, 0) is 36.8 Å². The highest BCUT2D eigenvalue weighted by molar-refractivity contribution is 5.94. The summed E-state index contributed by atoms with van der Waals surface area (Å²) in [5.41, 5.74) is 7.66. The first-order valence-electron chi connectivity index (χ1n) is 15.0. The Hall–Kier alpha value is -4.45. The number of aromatic hydroxyl groups is 1. The molecule has 2 aromatic carbocycles. The van der Waals surface area contributed by atoms with Crippen molar-refractivity contribution in [1.82, 2.24) is 26.6 Å². The molecule has 44 heavy (non-hydrogen) atoms. The van der Waals surface area contributed by atoms with Crippen molar-refractivity contribution in [3.05, 3.63) is 65.7 Å². The normalized spacial score (nSPS) is 21.4. The van der Waals surface area contributed by atoms with Gasteiger partial charge in [0.05, 0.1) is 12.6 Å². The molecule has 0 bridgehead atoms. The molecule has 1 heterocycles. The van der Waals surface area contributed by atoms with Crippen molar-refractivity contribution in [3.8, 4) is 5.75 Å². The lowest BCUT2D eigenvalue weighted by Gasteiger charge is -2.25. The van der Waals surface area contributed by atoms with Crippen molar-refractivity contribution in [1.29, 1.82) is 0 Å². The summed E-state index contributed by atoms with van der Waals surface area (Å²) in [4.78, 5) is 65.4. The van der Waals surface area contributed by atoms with Crippen molar-refractivity contribution in [3.63, 3.8) is 0 Å². The minimum atomic E-state index is -0.995. The molecule has 5 amide bonds. The van der Waals surface area contributed by atoms with E-state index in [1.807, 2.05) is 44.2 Å². The smallest absolute Gasteiger partial charge is 0.243 e. The third-order valence-electron chi connectivity index (χ3n) is 7.28. The lowest BCUT2D eigenvalue weighted by molar-refractivity contribution is -0.133. The molecule has 4 atom stereocenters. The second-order valence-electron chi connectivity index (χ2n) is 11.5. The Morgan fingerprint density at radius 3 is 2.27 bits per heavy atom. The largest absolute Gasteiger partial charge is 0.508 e. The van der Waals surface area contributed by atoms with Crippen molar-refractivity contribution in [2.45, 2.75) is 76.5 Å². The van der Waals surface area contributed by atoms with E-state index >= 15 is 0 Å². The fraction of sp³-hybridized carbons (Fsp3) is 0.469. The maximum atomic E-state index is 13.4. The molecule has 1 saturated heterocycles. The third-order valence-corrected chi connectivity index (χ3v) is 7.28. The minimum absolute atomic E-state index is 0.0946. The average Bonchev–Trinajstić information content (AvgIpc) is 2.99. The van der Waals surface area contributed by atoms with Gasteiger partial charge >= 0.3 is 0 Å². The highest BCUT2D eigenvalue weighted by atomic mass is 16.3. The molecule has 0 aromatic heterocycles. The summed E-state index contributed by atoms with van der Waals surface area (Å²) in [5.74, 6) is -2.32. The second kappa shape index (κ2) is 17.0. The van der Waals surface area contributed by atoms with Gasteiger partial charge in [-0.15, -0.1) is 0 Å². The predicted molar refractivity (Wildman–Crippen MR) is 165 cm³/mol. The first-order chi connectivity index (χ1) is 21.0. The first-order valence-corrected chi connectivity index (χ1v) is 15.0. The van der Waals surface area contributed by atoms with Crippen molar-refractivity contribution in [2.24, 2.45) is 11.7 Å². The molecule has 238 valence electrons. The van der Waals surface area contributed by atoms with E-state index < -0.39 is 54.3 Å². The second-order valence-corrected chi connectivity index (χ2v) is 11.5. The monoisotopic (exact) mass is 608 g/mol. The first kappa shape index (κ1) is 34.0. The third kappa shape index (κ3) is 11.3. The quantitative estimate of drug-likeness (QED) is 0.226. The number of hydrogen-bond acceptors (Lipinski definition) is 7. The van der Waals surface area contributed by atoms with Crippen molar-refractivity contribution >= 4 is 29.5 Å². The maximum Gasteiger partial charge on any atom is 0.243 e. The van der Waals surface area contributed by atoms with Gasteiger partial charge in [-0.2, -0.15) is 0 Å². The number of phenolic OH excluding ortho intramolecular Hbond substituents is 1. The number of amides is 5. The van der Waals surface area contributed by atoms with E-state index in [0.717, 1.165) is 11.1 Å². The van der Waals surface area contributed by atoms with Crippen LogP contribution in [0.3, 0.4) is 0 Å². The number of nitrogens with two attached hydrogens (primary N) is 1. The summed E-state index contributed by atoms with van der Waals surface area (Å²) in [6.45, 7) is 3.81. The van der Waals surface area contributed by atoms with Crippen LogP contribution in [0.1, 0.15) is 50.7 Å². The zero-order valence-electron chi connectivity index (χ0n) is 25.3. The molecular formula is C32H44N6O6. The Labute approximate surface area is 257 Å². The SMILES string of the molecule is CC(C)C[C@H]1NC(=O)[C@H](Cc2ccccc2)NC(=O)CNC(=O)[C@H](NC(=O)[C@@H](N)Cc2ccc(O)cc2)CCCCNC1=O. The van der Waals surface area contributed by atoms with Gasteiger partial charge < -0.3 is 37.4 Å². The summed E-state index contributed by atoms with van der Waals surface area (Å²) in [5, 5.41) is 23.1. The Morgan fingerprint density at radius 1 is 0.886 bits per heavy atom. The van der Waals surface area contributed by atoms with Gasteiger partial charge in [0.1, 0.15) is 23.9 Å². The molecular weight excluding hydrogens is 564 g/mol. The van der Waals surface area contributed by atoms with Crippen LogP contribution in [-0.4, -0.2) is 71.9 Å². The Kier molecular flexibility index (Phi) is 13.2. The number of phenols is 1. The molecule has 3 rings (SSSR count). The summed E-state index contributed by atoms with van der Waals surface area (Å²) in [6, 6.07) is 11.8. The van der Waals surface area contributed by atoms with E-state index in [-0.39, 0.29) is 36.8 Å². The van der Waals surface area contributed by atoms with Gasteiger partial charge in [0.2, 0.25) is 29.5 Å². The Bertz CT molecular complexity index is 1270. The van der Waals surface area contributed by atoms with Gasteiger partial charge in [0, 0.05) is 13.0 Å². The van der Waals surface area contributed by atoms with Crippen LogP contribution in [0.4, 0.5) is 0 Å². The van der Waals surface area contributed by atoms with Crippen LogP contribution >= 0.6 is 0 Å². The molecule has 1 aliphatic heterocycles. The standard InChI is InChI=1S/C32H44N6O6/c1-20(2)16-26-31(43)34-15-7-6-10-25(37-29(41)24(33)17-22-11-13-23(39)14-12-22)30(42)35-19-28(40)36-27(32(44)38-26)18-21-8-4-3-5-9-21/h3-5,8-9,11-14,20,24-27,39H,6-7,10,15-19,33H2,1-2H3,(H,34,43)(H,35,42)(H,36,40)(H,37,41)(H,38,44)/t24-,25+,26+,27-/m0/s1. The fourth-order valence-electron chi connectivity index (χ4n) is 4.90. The van der Waals surface area contributed by atoms with Crippen LogP contribution < -0.4 is 32.3 Å². The molecule has 2 aromatic rings. The van der Waals surface area contributed by atoms with E-state index in [4.69, 9.17) is 5.73 Å². The lowest BCUT2D eigenvalue weighted by Crippen LogP contribution is -2.57. The molecule has 1 aliphatic rings. The van der Waals surface area contributed by atoms with Gasteiger partial charge in [0.25, 0.3) is 0 Å². The van der Waals surface area contributed by atoms with Crippen molar-refractivity contribution < 1.29 is 29.1 Å². The fourth-order valence-corrected chi connectivity index (χ4v) is 4.90. The minimum Gasteiger partial charge on any atom is -0.508 e. The van der Waals surface area contributed by atoms with Crippen LogP contribution in [0.2, 0.25) is 0 Å². The van der Waals surface area contributed by atoms with Crippen LogP contribution in [0.25, 0.3) is 0 Å². The molecule has 12 nitrogen and oxygen atoms in total. The van der Waals surface area contributed by atoms with E-state index in [1.54, 1.807) is 12.1 Å². The van der Waals surface area contributed by atoms with Crippen molar-refractivity contribution in [2.75, 3.05) is 13.1 Å². The lowest BCUT2D eigenvalue weighted by atomic mass is 10.0. The highest BCUT2D eigenvalue weighted by Crippen LogP contribution is 2.12. The zero-order valence-corrected chi connectivity index (χ0v) is 25.3. The van der Waals surface area contributed by atoms with Gasteiger partial charge in [0.15, 0.2) is 0 Å². The van der Waals surface area contributed by atoms with E-state index in [1.165, 1.54) is 12.1 Å². The van der Waals surface area contributed by atoms with Gasteiger partial charge in [-0.3, -0.25) is 24.0 Å². The van der Waals surface area contributed by atoms with Gasteiger partial charge in [-0.05, 0) is 61.3 Å². The number of benzene rings is 2. The number of hydrogen-bond donors (Lipinski definition) is 7. The molecule has 0 unspecified atom stereocenters. The zero-order chi connectivity index (χ0) is 32.1. The number of rotatable bonds is 8. The van der Waals surface area contributed by atoms with Gasteiger partial charge in [-0.1, -0.05) is 56.3 Å². The molecule has 1 fully saturated rings. The molecule has 0 aliphatic carbocycles. The van der Waals surface area contributed by atoms with Crippen LogP contribution in [0.15, 0.2) is 54.6 Å². The summed E-state index contributed by atoms with van der Waals surface area (Å²) < 4.78 is 0. The topological polar surface area (TPSA) is 192 Å².